The summed E-state index contributed by atoms with van der Waals surface area (Å²) in [6, 6.07) is 0.560. The van der Waals surface area contributed by atoms with Crippen molar-refractivity contribution in [2.45, 2.75) is 51.8 Å². The molecule has 0 aliphatic carbocycles. The van der Waals surface area contributed by atoms with E-state index in [4.69, 9.17) is 0 Å². The van der Waals surface area contributed by atoms with Crippen LogP contribution in [0.25, 0.3) is 0 Å². The van der Waals surface area contributed by atoms with Gasteiger partial charge in [0.2, 0.25) is 0 Å². The first kappa shape index (κ1) is 9.01. The number of nitrogens with one attached hydrogen (secondary N) is 1. The molecule has 0 aromatic heterocycles. The Hall–Kier alpha value is -0.0800. The molecule has 1 rings (SSSR count). The molecule has 2 N–H and O–H groups in total. The molecular weight excluding hydrogens is 138 g/mol. The summed E-state index contributed by atoms with van der Waals surface area (Å²) in [5, 5.41) is 12.5. The average Bonchev–Trinajstić information content (AvgIpc) is 2.26. The second kappa shape index (κ2) is 4.07. The van der Waals surface area contributed by atoms with E-state index in [2.05, 4.69) is 19.2 Å². The highest BCUT2D eigenvalue weighted by molar-refractivity contribution is 4.82. The van der Waals surface area contributed by atoms with Crippen molar-refractivity contribution in [2.75, 3.05) is 0 Å². The van der Waals surface area contributed by atoms with Crippen molar-refractivity contribution in [1.29, 1.82) is 0 Å². The number of unbranched alkanes of at least 4 members (excludes halogenated alkanes) is 1. The number of aliphatic hydroxyl groups is 1. The van der Waals surface area contributed by atoms with Gasteiger partial charge in [-0.05, 0) is 18.8 Å². The smallest absolute Gasteiger partial charge is 0.105 e. The molecule has 66 valence electrons. The van der Waals surface area contributed by atoms with Crippen LogP contribution in [0.1, 0.15) is 39.5 Å². The largest absolute Gasteiger partial charge is 0.379 e. The zero-order valence-electron chi connectivity index (χ0n) is 7.51. The zero-order chi connectivity index (χ0) is 8.27. The van der Waals surface area contributed by atoms with Gasteiger partial charge in [0.1, 0.15) is 6.23 Å². The molecular formula is C9H19NO. The van der Waals surface area contributed by atoms with E-state index >= 15 is 0 Å². The van der Waals surface area contributed by atoms with E-state index in [1.807, 2.05) is 0 Å². The van der Waals surface area contributed by atoms with Gasteiger partial charge in [0, 0.05) is 6.04 Å². The molecule has 1 aliphatic heterocycles. The Morgan fingerprint density at radius 2 is 2.27 bits per heavy atom. The van der Waals surface area contributed by atoms with Gasteiger partial charge in [-0.1, -0.05) is 26.7 Å². The highest BCUT2D eigenvalue weighted by Crippen LogP contribution is 2.22. The number of aliphatic hydroxyl groups excluding tert-OH is 1. The molecule has 2 nitrogen and oxygen atoms in total. The van der Waals surface area contributed by atoms with Crippen LogP contribution in [-0.2, 0) is 0 Å². The van der Waals surface area contributed by atoms with Crippen molar-refractivity contribution in [1.82, 2.24) is 5.32 Å². The third kappa shape index (κ3) is 2.46. The highest BCUT2D eigenvalue weighted by atomic mass is 16.3. The van der Waals surface area contributed by atoms with Crippen LogP contribution in [-0.4, -0.2) is 17.4 Å². The predicted octanol–water partition coefficient (Wildman–Crippen LogP) is 1.49. The van der Waals surface area contributed by atoms with Gasteiger partial charge >= 0.3 is 0 Å². The lowest BCUT2D eigenvalue weighted by molar-refractivity contribution is 0.152. The van der Waals surface area contributed by atoms with E-state index < -0.39 is 0 Å². The minimum Gasteiger partial charge on any atom is -0.379 e. The number of hydrogen-bond acceptors (Lipinski definition) is 2. The molecule has 0 radical (unpaired) electrons. The molecule has 11 heavy (non-hydrogen) atoms. The maximum atomic E-state index is 9.26. The lowest BCUT2D eigenvalue weighted by Crippen LogP contribution is -2.30. The summed E-state index contributed by atoms with van der Waals surface area (Å²) in [6.45, 7) is 4.42. The average molecular weight is 157 g/mol. The lowest BCUT2D eigenvalue weighted by Gasteiger charge is -2.14. The number of hydrogen-bond donors (Lipinski definition) is 2. The first-order chi connectivity index (χ1) is 5.24. The molecule has 0 saturated carbocycles. The fraction of sp³-hybridized carbons (Fsp3) is 1.00. The second-order valence-corrected chi connectivity index (χ2v) is 3.64. The van der Waals surface area contributed by atoms with Crippen LogP contribution < -0.4 is 5.32 Å². The molecule has 0 spiro atoms. The second-order valence-electron chi connectivity index (χ2n) is 3.64. The molecule has 0 aromatic rings. The Balaban J connectivity index is 2.23. The van der Waals surface area contributed by atoms with E-state index in [0.717, 1.165) is 6.42 Å². The quantitative estimate of drug-likeness (QED) is 0.650. The van der Waals surface area contributed by atoms with E-state index in [0.29, 0.717) is 12.0 Å². The van der Waals surface area contributed by atoms with E-state index in [9.17, 15) is 5.11 Å². The lowest BCUT2D eigenvalue weighted by atomic mass is 9.98. The van der Waals surface area contributed by atoms with Crippen LogP contribution in [0.2, 0.25) is 0 Å². The van der Waals surface area contributed by atoms with Crippen LogP contribution in [0.3, 0.4) is 0 Å². The summed E-state index contributed by atoms with van der Waals surface area (Å²) in [4.78, 5) is 0. The Labute approximate surface area is 69.0 Å². The van der Waals surface area contributed by atoms with Gasteiger partial charge in [0.05, 0.1) is 0 Å². The van der Waals surface area contributed by atoms with Crippen molar-refractivity contribution in [2.24, 2.45) is 5.92 Å². The first-order valence-corrected chi connectivity index (χ1v) is 4.68. The summed E-state index contributed by atoms with van der Waals surface area (Å²) in [7, 11) is 0. The fourth-order valence-electron chi connectivity index (χ4n) is 1.79. The molecule has 0 aromatic carbocycles. The molecule has 0 bridgehead atoms. The number of rotatable bonds is 3. The Kier molecular flexibility index (Phi) is 3.34. The highest BCUT2D eigenvalue weighted by Gasteiger charge is 2.27. The predicted molar refractivity (Wildman–Crippen MR) is 46.2 cm³/mol. The Morgan fingerprint density at radius 1 is 1.55 bits per heavy atom. The normalized spacial score (nSPS) is 37.9. The molecule has 1 saturated heterocycles. The summed E-state index contributed by atoms with van der Waals surface area (Å²) in [6.07, 6.45) is 4.42. The van der Waals surface area contributed by atoms with Crippen molar-refractivity contribution >= 4 is 0 Å². The van der Waals surface area contributed by atoms with Crippen molar-refractivity contribution in [3.63, 3.8) is 0 Å². The molecule has 0 amide bonds. The van der Waals surface area contributed by atoms with Crippen molar-refractivity contribution < 1.29 is 5.11 Å². The molecule has 3 atom stereocenters. The van der Waals surface area contributed by atoms with E-state index in [1.165, 1.54) is 19.3 Å². The summed E-state index contributed by atoms with van der Waals surface area (Å²) in [5.41, 5.74) is 0. The van der Waals surface area contributed by atoms with Crippen LogP contribution in [0.5, 0.6) is 0 Å². The van der Waals surface area contributed by atoms with Crippen LogP contribution in [0.15, 0.2) is 0 Å². The van der Waals surface area contributed by atoms with Gasteiger partial charge in [-0.25, -0.2) is 0 Å². The van der Waals surface area contributed by atoms with Gasteiger partial charge < -0.3 is 5.11 Å². The summed E-state index contributed by atoms with van der Waals surface area (Å²) < 4.78 is 0. The summed E-state index contributed by atoms with van der Waals surface area (Å²) in [5.74, 6) is 0.650. The van der Waals surface area contributed by atoms with Gasteiger partial charge in [0.25, 0.3) is 0 Å². The maximum Gasteiger partial charge on any atom is 0.105 e. The van der Waals surface area contributed by atoms with Gasteiger partial charge in [-0.2, -0.15) is 0 Å². The van der Waals surface area contributed by atoms with E-state index in [-0.39, 0.29) is 6.23 Å². The van der Waals surface area contributed by atoms with Crippen LogP contribution >= 0.6 is 0 Å². The SMILES string of the molecule is CCCC[C@@H]1N[C@H](O)C[C@H]1C. The minimum atomic E-state index is -0.244. The van der Waals surface area contributed by atoms with Crippen LogP contribution in [0.4, 0.5) is 0 Å². The Bertz CT molecular complexity index is 116. The van der Waals surface area contributed by atoms with Gasteiger partial charge in [-0.3, -0.25) is 5.32 Å². The molecule has 2 heteroatoms. The van der Waals surface area contributed by atoms with E-state index in [1.54, 1.807) is 0 Å². The fourth-order valence-corrected chi connectivity index (χ4v) is 1.79. The van der Waals surface area contributed by atoms with Crippen molar-refractivity contribution in [3.05, 3.63) is 0 Å². The molecule has 1 aliphatic rings. The third-order valence-corrected chi connectivity index (χ3v) is 2.56. The minimum absolute atomic E-state index is 0.244. The van der Waals surface area contributed by atoms with Gasteiger partial charge in [-0.15, -0.1) is 0 Å². The molecule has 1 fully saturated rings. The molecule has 0 unspecified atom stereocenters. The first-order valence-electron chi connectivity index (χ1n) is 4.68. The maximum absolute atomic E-state index is 9.26. The summed E-state index contributed by atoms with van der Waals surface area (Å²) >= 11 is 0. The van der Waals surface area contributed by atoms with Gasteiger partial charge in [0.15, 0.2) is 0 Å². The third-order valence-electron chi connectivity index (χ3n) is 2.56. The van der Waals surface area contributed by atoms with Crippen LogP contribution in [0, 0.1) is 5.92 Å². The molecule has 1 heterocycles. The standard InChI is InChI=1S/C9H19NO/c1-3-4-5-8-7(2)6-9(11)10-8/h7-11H,3-6H2,1-2H3/t7-,8+,9-/m1/s1. The zero-order valence-corrected chi connectivity index (χ0v) is 7.51. The Morgan fingerprint density at radius 3 is 2.73 bits per heavy atom. The van der Waals surface area contributed by atoms with Crippen molar-refractivity contribution in [3.8, 4) is 0 Å². The monoisotopic (exact) mass is 157 g/mol. The topological polar surface area (TPSA) is 32.3 Å².